The van der Waals surface area contributed by atoms with Crippen LogP contribution >= 0.6 is 0 Å². The number of piperazine rings is 1. The van der Waals surface area contributed by atoms with Crippen molar-refractivity contribution in [1.29, 1.82) is 0 Å². The summed E-state index contributed by atoms with van der Waals surface area (Å²) in [5.41, 5.74) is -0.969. The van der Waals surface area contributed by atoms with Crippen molar-refractivity contribution in [2.75, 3.05) is 26.7 Å². The molecule has 1 rings (SSSR count). The molecule has 0 radical (unpaired) electrons. The van der Waals surface area contributed by atoms with Gasteiger partial charge in [-0.15, -0.1) is 0 Å². The first-order valence-corrected chi connectivity index (χ1v) is 7.41. The zero-order valence-electron chi connectivity index (χ0n) is 13.4. The molecule has 0 bridgehead atoms. The van der Waals surface area contributed by atoms with E-state index in [0.29, 0.717) is 25.9 Å². The van der Waals surface area contributed by atoms with Crippen molar-refractivity contribution in [3.05, 3.63) is 0 Å². The molecule has 5 heteroatoms. The van der Waals surface area contributed by atoms with E-state index in [0.717, 1.165) is 6.54 Å². The molecule has 0 aromatic rings. The summed E-state index contributed by atoms with van der Waals surface area (Å²) in [5, 5.41) is 9.44. The first-order valence-electron chi connectivity index (χ1n) is 7.41. The number of amides is 1. The molecule has 0 aromatic carbocycles. The molecule has 1 amide bonds. The van der Waals surface area contributed by atoms with E-state index < -0.39 is 11.4 Å². The Hall–Kier alpha value is -1.10. The second kappa shape index (κ2) is 6.12. The Morgan fingerprint density at radius 2 is 1.75 bits per heavy atom. The SMILES string of the molecule is CCC(CC)(CC(=O)N1CCN(C)C(C)(C)C1)C(=O)O. The highest BCUT2D eigenvalue weighted by Crippen LogP contribution is 2.32. The van der Waals surface area contributed by atoms with Crippen molar-refractivity contribution < 1.29 is 14.7 Å². The number of aliphatic carboxylic acids is 1. The third-order valence-corrected chi connectivity index (χ3v) is 4.97. The van der Waals surface area contributed by atoms with Gasteiger partial charge >= 0.3 is 5.97 Å². The van der Waals surface area contributed by atoms with Gasteiger partial charge < -0.3 is 10.0 Å². The molecule has 1 saturated heterocycles. The number of nitrogens with zero attached hydrogens (tertiary/aromatic N) is 2. The Balaban J connectivity index is 2.78. The zero-order valence-corrected chi connectivity index (χ0v) is 13.4. The fourth-order valence-electron chi connectivity index (χ4n) is 2.73. The molecule has 1 heterocycles. The van der Waals surface area contributed by atoms with E-state index in [1.807, 2.05) is 18.7 Å². The van der Waals surface area contributed by atoms with Crippen LogP contribution in [0.5, 0.6) is 0 Å². The Kier molecular flexibility index (Phi) is 5.19. The average molecular weight is 284 g/mol. The molecule has 20 heavy (non-hydrogen) atoms. The number of carbonyl (C=O) groups is 2. The van der Waals surface area contributed by atoms with Crippen LogP contribution in [0, 0.1) is 5.41 Å². The van der Waals surface area contributed by atoms with Gasteiger partial charge in [0, 0.05) is 31.6 Å². The minimum atomic E-state index is -0.912. The quantitative estimate of drug-likeness (QED) is 0.836. The number of carboxylic acids is 1. The number of likely N-dealkylation sites (N-methyl/N-ethyl adjacent to an activating group) is 1. The maximum Gasteiger partial charge on any atom is 0.310 e. The van der Waals surface area contributed by atoms with E-state index >= 15 is 0 Å². The monoisotopic (exact) mass is 284 g/mol. The standard InChI is InChI=1S/C15H28N2O3/c1-6-15(7-2,13(19)20)10-12(18)17-9-8-16(5)14(3,4)11-17/h6-11H2,1-5H3,(H,19,20). The Bertz CT molecular complexity index is 375. The Morgan fingerprint density at radius 3 is 2.15 bits per heavy atom. The summed E-state index contributed by atoms with van der Waals surface area (Å²) in [4.78, 5) is 28.0. The first kappa shape index (κ1) is 17.0. The maximum atomic E-state index is 12.5. The molecule has 0 unspecified atom stereocenters. The number of carboxylic acid groups (broad SMARTS) is 1. The maximum absolute atomic E-state index is 12.5. The highest BCUT2D eigenvalue weighted by atomic mass is 16.4. The molecule has 1 aliphatic rings. The topological polar surface area (TPSA) is 60.9 Å². The fraction of sp³-hybridized carbons (Fsp3) is 0.867. The van der Waals surface area contributed by atoms with Crippen LogP contribution in [0.15, 0.2) is 0 Å². The lowest BCUT2D eigenvalue weighted by Gasteiger charge is -2.46. The van der Waals surface area contributed by atoms with E-state index in [1.54, 1.807) is 0 Å². The second-order valence-corrected chi connectivity index (χ2v) is 6.52. The van der Waals surface area contributed by atoms with Crippen LogP contribution < -0.4 is 0 Å². The lowest BCUT2D eigenvalue weighted by Crippen LogP contribution is -2.59. The van der Waals surface area contributed by atoms with Gasteiger partial charge in [0.05, 0.1) is 5.41 Å². The summed E-state index contributed by atoms with van der Waals surface area (Å²) in [6, 6.07) is 0. The third kappa shape index (κ3) is 3.32. The summed E-state index contributed by atoms with van der Waals surface area (Å²) in [7, 11) is 2.06. The molecule has 1 fully saturated rings. The zero-order chi connectivity index (χ0) is 15.6. The van der Waals surface area contributed by atoms with E-state index in [4.69, 9.17) is 0 Å². The summed E-state index contributed by atoms with van der Waals surface area (Å²) in [5.74, 6) is -0.887. The van der Waals surface area contributed by atoms with Gasteiger partial charge in [-0.2, -0.15) is 0 Å². The van der Waals surface area contributed by atoms with Gasteiger partial charge in [0.25, 0.3) is 0 Å². The third-order valence-electron chi connectivity index (χ3n) is 4.97. The van der Waals surface area contributed by atoms with Gasteiger partial charge in [-0.05, 0) is 33.7 Å². The van der Waals surface area contributed by atoms with Crippen molar-refractivity contribution >= 4 is 11.9 Å². The molecule has 0 atom stereocenters. The smallest absolute Gasteiger partial charge is 0.310 e. The number of rotatable bonds is 5. The van der Waals surface area contributed by atoms with E-state index in [-0.39, 0.29) is 17.9 Å². The highest BCUT2D eigenvalue weighted by molar-refractivity contribution is 5.85. The molecule has 1 N–H and O–H groups in total. The minimum Gasteiger partial charge on any atom is -0.481 e. The van der Waals surface area contributed by atoms with Gasteiger partial charge in [-0.1, -0.05) is 13.8 Å². The number of carbonyl (C=O) groups excluding carboxylic acids is 1. The fourth-order valence-corrected chi connectivity index (χ4v) is 2.73. The van der Waals surface area contributed by atoms with Crippen molar-refractivity contribution in [1.82, 2.24) is 9.80 Å². The van der Waals surface area contributed by atoms with Crippen LogP contribution in [0.2, 0.25) is 0 Å². The minimum absolute atomic E-state index is 0.0303. The predicted molar refractivity (Wildman–Crippen MR) is 78.6 cm³/mol. The van der Waals surface area contributed by atoms with Crippen molar-refractivity contribution in [2.45, 2.75) is 52.5 Å². The van der Waals surface area contributed by atoms with Crippen molar-refractivity contribution in [2.24, 2.45) is 5.41 Å². The van der Waals surface area contributed by atoms with Crippen LogP contribution in [0.1, 0.15) is 47.0 Å². The Labute approximate surface area is 121 Å². The van der Waals surface area contributed by atoms with Gasteiger partial charge in [-0.25, -0.2) is 0 Å². The highest BCUT2D eigenvalue weighted by Gasteiger charge is 2.40. The molecule has 0 aromatic heterocycles. The van der Waals surface area contributed by atoms with Crippen LogP contribution in [0.4, 0.5) is 0 Å². The first-order chi connectivity index (χ1) is 9.18. The lowest BCUT2D eigenvalue weighted by atomic mass is 9.78. The summed E-state index contributed by atoms with van der Waals surface area (Å²) in [6.07, 6.45) is 1.08. The second-order valence-electron chi connectivity index (χ2n) is 6.52. The van der Waals surface area contributed by atoms with Gasteiger partial charge in [0.2, 0.25) is 5.91 Å². The predicted octanol–water partition coefficient (Wildman–Crippen LogP) is 1.82. The molecular weight excluding hydrogens is 256 g/mol. The molecule has 0 spiro atoms. The van der Waals surface area contributed by atoms with Gasteiger partial charge in [0.1, 0.15) is 0 Å². The molecular formula is C15H28N2O3. The van der Waals surface area contributed by atoms with Crippen LogP contribution in [0.3, 0.4) is 0 Å². The number of hydrogen-bond donors (Lipinski definition) is 1. The van der Waals surface area contributed by atoms with Crippen molar-refractivity contribution in [3.8, 4) is 0 Å². The van der Waals surface area contributed by atoms with Crippen molar-refractivity contribution in [3.63, 3.8) is 0 Å². The molecule has 116 valence electrons. The van der Waals surface area contributed by atoms with Crippen LogP contribution in [-0.2, 0) is 9.59 Å². The van der Waals surface area contributed by atoms with E-state index in [9.17, 15) is 14.7 Å². The van der Waals surface area contributed by atoms with Gasteiger partial charge in [-0.3, -0.25) is 14.5 Å². The normalized spacial score (nSPS) is 19.9. The average Bonchev–Trinajstić information content (AvgIpc) is 2.38. The van der Waals surface area contributed by atoms with E-state index in [2.05, 4.69) is 25.8 Å². The molecule has 0 aliphatic carbocycles. The summed E-state index contributed by atoms with van der Waals surface area (Å²) >= 11 is 0. The molecule has 5 nitrogen and oxygen atoms in total. The molecule has 1 aliphatic heterocycles. The summed E-state index contributed by atoms with van der Waals surface area (Å²) in [6.45, 7) is 10.1. The van der Waals surface area contributed by atoms with Crippen LogP contribution in [-0.4, -0.2) is 59.0 Å². The summed E-state index contributed by atoms with van der Waals surface area (Å²) < 4.78 is 0. The van der Waals surface area contributed by atoms with Crippen LogP contribution in [0.25, 0.3) is 0 Å². The van der Waals surface area contributed by atoms with E-state index in [1.165, 1.54) is 0 Å². The lowest BCUT2D eigenvalue weighted by molar-refractivity contribution is -0.155. The number of hydrogen-bond acceptors (Lipinski definition) is 3. The molecule has 0 saturated carbocycles. The Morgan fingerprint density at radius 1 is 1.20 bits per heavy atom. The largest absolute Gasteiger partial charge is 0.481 e. The van der Waals surface area contributed by atoms with Gasteiger partial charge in [0.15, 0.2) is 0 Å².